The Morgan fingerprint density at radius 1 is 1.32 bits per heavy atom. The predicted octanol–water partition coefficient (Wildman–Crippen LogP) is 5.09. The van der Waals surface area contributed by atoms with E-state index in [0.29, 0.717) is 23.6 Å². The fraction of sp³-hybridized carbons (Fsp3) is 0.200. The van der Waals surface area contributed by atoms with E-state index >= 15 is 0 Å². The molecule has 0 aliphatic carbocycles. The van der Waals surface area contributed by atoms with Gasteiger partial charge in [0.05, 0.1) is 6.61 Å². The van der Waals surface area contributed by atoms with Gasteiger partial charge in [0.1, 0.15) is 17.4 Å². The van der Waals surface area contributed by atoms with Gasteiger partial charge >= 0.3 is 0 Å². The Morgan fingerprint density at radius 3 is 2.80 bits per heavy atom. The second-order valence-electron chi connectivity index (χ2n) is 5.52. The lowest BCUT2D eigenvalue weighted by Gasteiger charge is -2.10. The fourth-order valence-corrected chi connectivity index (χ4v) is 2.58. The predicted molar refractivity (Wildman–Crippen MR) is 103 cm³/mol. The summed E-state index contributed by atoms with van der Waals surface area (Å²) in [6.45, 7) is 4.53. The minimum Gasteiger partial charge on any atom is -0.493 e. The Morgan fingerprint density at radius 2 is 2.12 bits per heavy atom. The van der Waals surface area contributed by atoms with Crippen molar-refractivity contribution in [3.63, 3.8) is 0 Å². The molecule has 0 radical (unpaired) electrons. The van der Waals surface area contributed by atoms with E-state index in [1.807, 2.05) is 56.3 Å². The van der Waals surface area contributed by atoms with Crippen LogP contribution >= 0.6 is 15.9 Å². The van der Waals surface area contributed by atoms with Gasteiger partial charge in [0.25, 0.3) is 5.91 Å². The second-order valence-corrected chi connectivity index (χ2v) is 6.44. The van der Waals surface area contributed by atoms with Gasteiger partial charge < -0.3 is 10.1 Å². The molecule has 4 nitrogen and oxygen atoms in total. The summed E-state index contributed by atoms with van der Waals surface area (Å²) >= 11 is 3.41. The number of rotatable bonds is 6. The molecule has 2 rings (SSSR count). The number of halogens is 1. The Bertz CT molecular complexity index is 838. The van der Waals surface area contributed by atoms with Crippen LogP contribution in [0.25, 0.3) is 6.08 Å². The van der Waals surface area contributed by atoms with Crippen molar-refractivity contribution in [3.05, 3.63) is 63.6 Å². The summed E-state index contributed by atoms with van der Waals surface area (Å²) in [4.78, 5) is 12.4. The molecule has 1 N–H and O–H groups in total. The van der Waals surface area contributed by atoms with E-state index in [0.717, 1.165) is 16.5 Å². The smallest absolute Gasteiger partial charge is 0.266 e. The molecule has 0 heterocycles. The molecule has 0 spiro atoms. The highest BCUT2D eigenvalue weighted by Crippen LogP contribution is 2.26. The summed E-state index contributed by atoms with van der Waals surface area (Å²) in [7, 11) is 0. The van der Waals surface area contributed by atoms with Crippen LogP contribution in [0.2, 0.25) is 0 Å². The molecule has 0 aromatic heterocycles. The molecular formula is C20H19BrN2O2. The van der Waals surface area contributed by atoms with Crippen LogP contribution < -0.4 is 10.1 Å². The number of nitrogens with zero attached hydrogens (tertiary/aromatic N) is 1. The number of nitriles is 1. The zero-order valence-electron chi connectivity index (χ0n) is 14.2. The molecule has 0 saturated heterocycles. The standard InChI is InChI=1S/C20H19BrN2O2/c1-3-9-25-19-8-7-17(21)12-15(19)11-16(13-22)20(24)23-18-6-4-5-14(2)10-18/h4-8,10-12H,3,9H2,1-2H3,(H,23,24)/b16-11+. The summed E-state index contributed by atoms with van der Waals surface area (Å²) in [6, 6.07) is 14.9. The van der Waals surface area contributed by atoms with Crippen LogP contribution in [-0.2, 0) is 4.79 Å². The van der Waals surface area contributed by atoms with Gasteiger partial charge in [-0.2, -0.15) is 5.26 Å². The topological polar surface area (TPSA) is 62.1 Å². The van der Waals surface area contributed by atoms with Crippen LogP contribution in [0.5, 0.6) is 5.75 Å². The third-order valence-corrected chi connectivity index (χ3v) is 3.87. The Hall–Kier alpha value is -2.58. The van der Waals surface area contributed by atoms with Gasteiger partial charge in [-0.15, -0.1) is 0 Å². The van der Waals surface area contributed by atoms with E-state index in [4.69, 9.17) is 4.74 Å². The average molecular weight is 399 g/mol. The van der Waals surface area contributed by atoms with Gasteiger partial charge in [0.15, 0.2) is 0 Å². The number of aryl methyl sites for hydroxylation is 1. The zero-order chi connectivity index (χ0) is 18.2. The van der Waals surface area contributed by atoms with Gasteiger partial charge in [0.2, 0.25) is 0 Å². The van der Waals surface area contributed by atoms with E-state index in [1.54, 1.807) is 12.1 Å². The van der Waals surface area contributed by atoms with Crippen LogP contribution in [0, 0.1) is 18.3 Å². The van der Waals surface area contributed by atoms with Gasteiger partial charge in [-0.3, -0.25) is 4.79 Å². The lowest BCUT2D eigenvalue weighted by Crippen LogP contribution is -2.13. The minimum absolute atomic E-state index is 0.0148. The lowest BCUT2D eigenvalue weighted by molar-refractivity contribution is -0.112. The molecule has 1 amide bonds. The minimum atomic E-state index is -0.450. The normalized spacial score (nSPS) is 10.9. The van der Waals surface area contributed by atoms with Crippen LogP contribution in [0.15, 0.2) is 52.5 Å². The van der Waals surface area contributed by atoms with Crippen molar-refractivity contribution < 1.29 is 9.53 Å². The highest BCUT2D eigenvalue weighted by atomic mass is 79.9. The SMILES string of the molecule is CCCOc1ccc(Br)cc1/C=C(\C#N)C(=O)Nc1cccc(C)c1. The van der Waals surface area contributed by atoms with Crippen molar-refractivity contribution in [2.75, 3.05) is 11.9 Å². The molecule has 0 aliphatic heterocycles. The van der Waals surface area contributed by atoms with Crippen molar-refractivity contribution in [2.24, 2.45) is 0 Å². The Balaban J connectivity index is 2.29. The summed E-state index contributed by atoms with van der Waals surface area (Å²) in [6.07, 6.45) is 2.42. The molecule has 128 valence electrons. The number of benzene rings is 2. The van der Waals surface area contributed by atoms with E-state index in [-0.39, 0.29) is 5.57 Å². The largest absolute Gasteiger partial charge is 0.493 e. The molecule has 0 bridgehead atoms. The number of ether oxygens (including phenoxy) is 1. The average Bonchev–Trinajstić information content (AvgIpc) is 2.58. The molecule has 0 fully saturated rings. The number of amides is 1. The van der Waals surface area contributed by atoms with E-state index in [2.05, 4.69) is 21.2 Å². The first-order chi connectivity index (χ1) is 12.0. The van der Waals surface area contributed by atoms with Gasteiger partial charge in [-0.05, 0) is 55.3 Å². The summed E-state index contributed by atoms with van der Waals surface area (Å²) in [5, 5.41) is 12.1. The van der Waals surface area contributed by atoms with Crippen molar-refractivity contribution >= 4 is 33.6 Å². The maximum Gasteiger partial charge on any atom is 0.266 e. The quantitative estimate of drug-likeness (QED) is 0.544. The first-order valence-electron chi connectivity index (χ1n) is 7.95. The molecule has 0 unspecified atom stereocenters. The third-order valence-electron chi connectivity index (χ3n) is 3.37. The Kier molecular flexibility index (Phi) is 6.79. The van der Waals surface area contributed by atoms with E-state index in [1.165, 1.54) is 0 Å². The van der Waals surface area contributed by atoms with Crippen molar-refractivity contribution in [3.8, 4) is 11.8 Å². The van der Waals surface area contributed by atoms with Gasteiger partial charge in [0, 0.05) is 15.7 Å². The number of carbonyl (C=O) groups is 1. The lowest BCUT2D eigenvalue weighted by atomic mass is 10.1. The second kappa shape index (κ2) is 9.05. The molecule has 0 saturated carbocycles. The Labute approximate surface area is 156 Å². The molecule has 2 aromatic rings. The zero-order valence-corrected chi connectivity index (χ0v) is 15.8. The summed E-state index contributed by atoms with van der Waals surface area (Å²) in [5.74, 6) is 0.190. The van der Waals surface area contributed by atoms with Crippen LogP contribution in [0.3, 0.4) is 0 Å². The van der Waals surface area contributed by atoms with Crippen molar-refractivity contribution in [2.45, 2.75) is 20.3 Å². The summed E-state index contributed by atoms with van der Waals surface area (Å²) < 4.78 is 6.54. The monoisotopic (exact) mass is 398 g/mol. The van der Waals surface area contributed by atoms with Crippen LogP contribution in [0.4, 0.5) is 5.69 Å². The fourth-order valence-electron chi connectivity index (χ4n) is 2.20. The van der Waals surface area contributed by atoms with Crippen LogP contribution in [-0.4, -0.2) is 12.5 Å². The van der Waals surface area contributed by atoms with E-state index in [9.17, 15) is 10.1 Å². The highest BCUT2D eigenvalue weighted by molar-refractivity contribution is 9.10. The molecule has 25 heavy (non-hydrogen) atoms. The van der Waals surface area contributed by atoms with E-state index < -0.39 is 5.91 Å². The van der Waals surface area contributed by atoms with Crippen LogP contribution in [0.1, 0.15) is 24.5 Å². The molecule has 0 aliphatic rings. The molecule has 2 aromatic carbocycles. The maximum atomic E-state index is 12.4. The maximum absolute atomic E-state index is 12.4. The number of hydrogen-bond acceptors (Lipinski definition) is 3. The van der Waals surface area contributed by atoms with Crippen molar-refractivity contribution in [1.82, 2.24) is 0 Å². The highest BCUT2D eigenvalue weighted by Gasteiger charge is 2.12. The van der Waals surface area contributed by atoms with Gasteiger partial charge in [-0.1, -0.05) is 35.0 Å². The van der Waals surface area contributed by atoms with Crippen molar-refractivity contribution in [1.29, 1.82) is 5.26 Å². The number of anilines is 1. The first-order valence-corrected chi connectivity index (χ1v) is 8.75. The summed E-state index contributed by atoms with van der Waals surface area (Å²) in [5.41, 5.74) is 2.38. The third kappa shape index (κ3) is 5.47. The molecule has 0 atom stereocenters. The van der Waals surface area contributed by atoms with Gasteiger partial charge in [-0.25, -0.2) is 0 Å². The number of nitrogens with one attached hydrogen (secondary N) is 1. The first kappa shape index (κ1) is 18.8. The number of hydrogen-bond donors (Lipinski definition) is 1. The number of carbonyl (C=O) groups excluding carboxylic acids is 1. The molecular weight excluding hydrogens is 380 g/mol. The molecule has 5 heteroatoms.